The van der Waals surface area contributed by atoms with Crippen LogP contribution < -0.4 is 4.74 Å². The Labute approximate surface area is 309 Å². The van der Waals surface area contributed by atoms with Gasteiger partial charge in [0, 0.05) is 41.3 Å². The third-order valence-corrected chi connectivity index (χ3v) is 14.1. The molecule has 3 heteroatoms. The molecule has 10 aliphatic rings. The normalized spacial score (nSPS) is 33.0. The molecule has 1 aromatic carbocycles. The first-order chi connectivity index (χ1) is 25.8. The van der Waals surface area contributed by atoms with Gasteiger partial charge in [-0.25, -0.2) is 0 Å². The molecule has 0 amide bonds. The van der Waals surface area contributed by atoms with Crippen molar-refractivity contribution >= 4 is 0 Å². The molecule has 0 aromatic heterocycles. The zero-order valence-electron chi connectivity index (χ0n) is 30.5. The molecule has 3 heterocycles. The van der Waals surface area contributed by atoms with Crippen molar-refractivity contribution in [3.63, 3.8) is 0 Å². The zero-order valence-corrected chi connectivity index (χ0v) is 30.5. The summed E-state index contributed by atoms with van der Waals surface area (Å²) in [5, 5.41) is 0. The quantitative estimate of drug-likeness (QED) is 0.296. The molecule has 0 radical (unpaired) electrons. The van der Waals surface area contributed by atoms with Gasteiger partial charge in [0.05, 0.1) is 5.41 Å². The Kier molecular flexibility index (Phi) is 7.48. The smallest absolute Gasteiger partial charge is 0.131 e. The number of benzene rings is 1. The minimum absolute atomic E-state index is 0.0438. The van der Waals surface area contributed by atoms with Crippen LogP contribution in [0.25, 0.3) is 0 Å². The summed E-state index contributed by atoms with van der Waals surface area (Å²) >= 11 is 0. The van der Waals surface area contributed by atoms with Crippen LogP contribution in [0.4, 0.5) is 0 Å². The first-order valence-electron chi connectivity index (χ1n) is 20.7. The minimum atomic E-state index is -0.330. The Morgan fingerprint density at radius 3 is 2.60 bits per heavy atom. The number of hydrogen-bond acceptors (Lipinski definition) is 3. The Morgan fingerprint density at radius 2 is 1.67 bits per heavy atom. The van der Waals surface area contributed by atoms with Gasteiger partial charge in [-0.3, -0.25) is 0 Å². The first-order valence-corrected chi connectivity index (χ1v) is 20.7. The van der Waals surface area contributed by atoms with Gasteiger partial charge in [0.2, 0.25) is 0 Å². The van der Waals surface area contributed by atoms with Crippen molar-refractivity contribution in [2.75, 3.05) is 0 Å². The predicted octanol–water partition coefficient (Wildman–Crippen LogP) is 12.0. The molecule has 11 rings (SSSR count). The number of hydrogen-bond donors (Lipinski definition) is 0. The number of rotatable bonds is 3. The Hall–Kier alpha value is -4.24. The summed E-state index contributed by atoms with van der Waals surface area (Å²) in [4.78, 5) is 2.83. The van der Waals surface area contributed by atoms with Crippen LogP contribution in [0.1, 0.15) is 108 Å². The zero-order chi connectivity index (χ0) is 34.2. The number of fused-ring (bicyclic) bond motifs is 8. The van der Waals surface area contributed by atoms with E-state index in [1.165, 1.54) is 91.2 Å². The number of nitrogens with zero attached hydrogens (tertiary/aromatic N) is 1. The molecule has 0 saturated heterocycles. The summed E-state index contributed by atoms with van der Waals surface area (Å²) in [7, 11) is 0. The average Bonchev–Trinajstić information content (AvgIpc) is 3.55. The summed E-state index contributed by atoms with van der Waals surface area (Å²) < 4.78 is 14.2. The molecule has 0 saturated carbocycles. The first kappa shape index (κ1) is 31.3. The van der Waals surface area contributed by atoms with Crippen LogP contribution in [0, 0.1) is 11.8 Å². The van der Waals surface area contributed by atoms with E-state index in [0.717, 1.165) is 62.2 Å². The molecule has 3 aliphatic heterocycles. The second-order valence-corrected chi connectivity index (χ2v) is 16.7. The van der Waals surface area contributed by atoms with Gasteiger partial charge in [-0.05, 0) is 147 Å². The molecule has 1 spiro atoms. The van der Waals surface area contributed by atoms with Gasteiger partial charge in [-0.1, -0.05) is 79.0 Å². The van der Waals surface area contributed by atoms with Crippen molar-refractivity contribution in [2.45, 2.75) is 120 Å². The lowest BCUT2D eigenvalue weighted by Gasteiger charge is -2.52. The fraction of sp³-hybridized carbons (Fsp3) is 0.429. The Morgan fingerprint density at radius 1 is 0.750 bits per heavy atom. The summed E-state index contributed by atoms with van der Waals surface area (Å²) in [6, 6.07) is 9.56. The molecule has 7 aliphatic carbocycles. The van der Waals surface area contributed by atoms with Crippen LogP contribution in [-0.2, 0) is 10.2 Å². The Balaban J connectivity index is 1.06. The van der Waals surface area contributed by atoms with Gasteiger partial charge in [0.1, 0.15) is 23.4 Å². The maximum Gasteiger partial charge on any atom is 0.131 e. The molecule has 3 nitrogen and oxygen atoms in total. The van der Waals surface area contributed by atoms with Crippen molar-refractivity contribution in [3.05, 3.63) is 159 Å². The Bertz CT molecular complexity index is 2080. The highest BCUT2D eigenvalue weighted by Gasteiger charge is 2.56. The van der Waals surface area contributed by atoms with Crippen LogP contribution in [0.3, 0.4) is 0 Å². The largest absolute Gasteiger partial charge is 0.485 e. The van der Waals surface area contributed by atoms with E-state index in [-0.39, 0.29) is 11.5 Å². The third kappa shape index (κ3) is 4.63. The van der Waals surface area contributed by atoms with Crippen LogP contribution >= 0.6 is 0 Å². The van der Waals surface area contributed by atoms with Crippen molar-refractivity contribution in [3.8, 4) is 5.75 Å². The van der Waals surface area contributed by atoms with E-state index in [1.807, 2.05) is 0 Å². The van der Waals surface area contributed by atoms with E-state index < -0.39 is 0 Å². The van der Waals surface area contributed by atoms with E-state index in [0.29, 0.717) is 17.9 Å². The molecule has 5 unspecified atom stereocenters. The van der Waals surface area contributed by atoms with Gasteiger partial charge in [0.15, 0.2) is 0 Å². The second-order valence-electron chi connectivity index (χ2n) is 16.7. The third-order valence-electron chi connectivity index (χ3n) is 14.1. The van der Waals surface area contributed by atoms with Gasteiger partial charge in [-0.2, -0.15) is 0 Å². The van der Waals surface area contributed by atoms with E-state index in [2.05, 4.69) is 96.0 Å². The monoisotopic (exact) mass is 685 g/mol. The molecule has 52 heavy (non-hydrogen) atoms. The molecule has 0 bridgehead atoms. The molecule has 5 atom stereocenters. The van der Waals surface area contributed by atoms with Crippen LogP contribution in [0.2, 0.25) is 0 Å². The standard InChI is InChI=1S/C49H51NO2/c1-3-14-32(15-4-1)36-19-13-22-42-48(36)52-47-31-34(26-28-41(47)49(42)39-20-8-11-24-45(39)51-46-25-12-9-21-40(46)49)33-27-29-44-38(30-33)37-18-7-10-23-43(37)50(44)35-16-5-2-6-17-35/h3,7-9,11-12,14,16,18-21,24,30-32,37,43,46H,1-2,4-6,10,13,15,17,22-23,25-29H2. The van der Waals surface area contributed by atoms with Crippen molar-refractivity contribution in [1.29, 1.82) is 0 Å². The summed E-state index contributed by atoms with van der Waals surface area (Å²) in [5.41, 5.74) is 14.6. The molecule has 0 fully saturated rings. The molecule has 264 valence electrons. The fourth-order valence-corrected chi connectivity index (χ4v) is 11.9. The SMILES string of the molecule is C1=CCC2Oc3ccccc3C3(C2=C1)C1=C(C=C(C2=CC4=C(CC2)N(C2=CCCCC2)C2CCC=CC42)CC1)OC1=C3CCC=C1C1C=CCCC1. The minimum Gasteiger partial charge on any atom is -0.485 e. The summed E-state index contributed by atoms with van der Waals surface area (Å²) in [6.45, 7) is 0. The van der Waals surface area contributed by atoms with E-state index in [1.54, 1.807) is 22.5 Å². The van der Waals surface area contributed by atoms with E-state index >= 15 is 0 Å². The number of ether oxygens (including phenoxy) is 2. The van der Waals surface area contributed by atoms with Gasteiger partial charge in [0.25, 0.3) is 0 Å². The van der Waals surface area contributed by atoms with Crippen molar-refractivity contribution in [2.24, 2.45) is 11.8 Å². The van der Waals surface area contributed by atoms with Crippen LogP contribution in [0.15, 0.2) is 153 Å². The van der Waals surface area contributed by atoms with Crippen molar-refractivity contribution in [1.82, 2.24) is 4.90 Å². The highest BCUT2D eigenvalue weighted by atomic mass is 16.5. The average molecular weight is 686 g/mol. The molecule has 1 aromatic rings. The summed E-state index contributed by atoms with van der Waals surface area (Å²) in [6.07, 6.45) is 45.7. The van der Waals surface area contributed by atoms with Gasteiger partial charge >= 0.3 is 0 Å². The molecular weight excluding hydrogens is 635 g/mol. The lowest BCUT2D eigenvalue weighted by Crippen LogP contribution is -2.48. The van der Waals surface area contributed by atoms with E-state index in [9.17, 15) is 0 Å². The van der Waals surface area contributed by atoms with E-state index in [4.69, 9.17) is 9.47 Å². The highest BCUT2D eigenvalue weighted by Crippen LogP contribution is 2.63. The number of para-hydroxylation sites is 1. The summed E-state index contributed by atoms with van der Waals surface area (Å²) in [5.74, 6) is 4.25. The lowest BCUT2D eigenvalue weighted by molar-refractivity contribution is 0.188. The topological polar surface area (TPSA) is 21.7 Å². The molecule has 0 N–H and O–H groups in total. The number of allylic oxidation sites excluding steroid dienone is 16. The van der Waals surface area contributed by atoms with Gasteiger partial charge < -0.3 is 14.4 Å². The second kappa shape index (κ2) is 12.4. The fourth-order valence-electron chi connectivity index (χ4n) is 11.9. The van der Waals surface area contributed by atoms with Crippen molar-refractivity contribution < 1.29 is 9.47 Å². The van der Waals surface area contributed by atoms with Gasteiger partial charge in [-0.15, -0.1) is 0 Å². The lowest BCUT2D eigenvalue weighted by atomic mass is 9.55. The van der Waals surface area contributed by atoms with Crippen LogP contribution in [-0.4, -0.2) is 17.0 Å². The highest BCUT2D eigenvalue weighted by molar-refractivity contribution is 5.70. The maximum atomic E-state index is 7.40. The predicted molar refractivity (Wildman–Crippen MR) is 209 cm³/mol. The molecular formula is C49H51NO2. The van der Waals surface area contributed by atoms with Crippen LogP contribution in [0.5, 0.6) is 5.75 Å². The maximum absolute atomic E-state index is 7.40.